The molecule has 6 nitrogen and oxygen atoms in total. The quantitative estimate of drug-likeness (QED) is 0.397. The SMILES string of the molecule is CC(C)Oc1ccc(NC(N)=NCc2cccc(N(C)C)n2)cc1.I. The van der Waals surface area contributed by atoms with Crippen molar-refractivity contribution in [2.24, 2.45) is 10.7 Å². The lowest BCUT2D eigenvalue weighted by molar-refractivity contribution is 0.242. The van der Waals surface area contributed by atoms with Gasteiger partial charge in [-0.1, -0.05) is 6.07 Å². The molecular formula is C18H26IN5O. The van der Waals surface area contributed by atoms with E-state index in [4.69, 9.17) is 10.5 Å². The summed E-state index contributed by atoms with van der Waals surface area (Å²) >= 11 is 0. The summed E-state index contributed by atoms with van der Waals surface area (Å²) in [6.07, 6.45) is 0.154. The first kappa shape index (κ1) is 21.0. The van der Waals surface area contributed by atoms with E-state index in [9.17, 15) is 0 Å². The van der Waals surface area contributed by atoms with Crippen molar-refractivity contribution in [3.8, 4) is 5.75 Å². The summed E-state index contributed by atoms with van der Waals surface area (Å²) in [5.74, 6) is 2.08. The molecule has 1 heterocycles. The Balaban J connectivity index is 0.00000312. The zero-order valence-corrected chi connectivity index (χ0v) is 17.4. The van der Waals surface area contributed by atoms with E-state index in [2.05, 4.69) is 15.3 Å². The maximum absolute atomic E-state index is 5.94. The van der Waals surface area contributed by atoms with Gasteiger partial charge < -0.3 is 20.7 Å². The number of guanidine groups is 1. The van der Waals surface area contributed by atoms with Gasteiger partial charge in [0.1, 0.15) is 11.6 Å². The molecule has 0 bridgehead atoms. The van der Waals surface area contributed by atoms with Crippen molar-refractivity contribution >= 4 is 41.4 Å². The Bertz CT molecular complexity index is 686. The van der Waals surface area contributed by atoms with Gasteiger partial charge in [0, 0.05) is 19.8 Å². The molecule has 0 unspecified atom stereocenters. The monoisotopic (exact) mass is 455 g/mol. The minimum absolute atomic E-state index is 0. The van der Waals surface area contributed by atoms with E-state index in [1.807, 2.05) is 75.3 Å². The van der Waals surface area contributed by atoms with E-state index in [0.29, 0.717) is 12.5 Å². The van der Waals surface area contributed by atoms with Crippen LogP contribution >= 0.6 is 24.0 Å². The standard InChI is InChI=1S/C18H25N5O.HI/c1-13(2)24-16-10-8-14(9-11-16)22-18(19)20-12-15-6-5-7-17(21-15)23(3)4;/h5-11,13H,12H2,1-4H3,(H3,19,20,22);1H. The van der Waals surface area contributed by atoms with Gasteiger partial charge >= 0.3 is 0 Å². The maximum Gasteiger partial charge on any atom is 0.193 e. The Morgan fingerprint density at radius 2 is 1.88 bits per heavy atom. The van der Waals surface area contributed by atoms with Crippen LogP contribution in [0.1, 0.15) is 19.5 Å². The predicted octanol–water partition coefficient (Wildman–Crippen LogP) is 3.48. The van der Waals surface area contributed by atoms with Gasteiger partial charge in [-0.25, -0.2) is 9.98 Å². The molecule has 0 aliphatic heterocycles. The molecule has 1 aromatic heterocycles. The number of aliphatic imine (C=N–C) groups is 1. The van der Waals surface area contributed by atoms with E-state index < -0.39 is 0 Å². The van der Waals surface area contributed by atoms with E-state index >= 15 is 0 Å². The van der Waals surface area contributed by atoms with Gasteiger partial charge in [-0.2, -0.15) is 0 Å². The van der Waals surface area contributed by atoms with Crippen LogP contribution in [-0.4, -0.2) is 31.1 Å². The molecule has 0 saturated heterocycles. The Hall–Kier alpha value is -2.03. The van der Waals surface area contributed by atoms with Crippen LogP contribution in [0, 0.1) is 0 Å². The van der Waals surface area contributed by atoms with Crippen LogP contribution in [0.4, 0.5) is 11.5 Å². The van der Waals surface area contributed by atoms with E-state index in [1.165, 1.54) is 0 Å². The van der Waals surface area contributed by atoms with Gasteiger partial charge in [-0.15, -0.1) is 24.0 Å². The second-order valence-electron chi connectivity index (χ2n) is 5.90. The Morgan fingerprint density at radius 3 is 2.48 bits per heavy atom. The third kappa shape index (κ3) is 7.16. The van der Waals surface area contributed by atoms with Crippen LogP contribution in [0.3, 0.4) is 0 Å². The number of pyridine rings is 1. The van der Waals surface area contributed by atoms with Crippen LogP contribution in [0.15, 0.2) is 47.5 Å². The fourth-order valence-electron chi connectivity index (χ4n) is 2.05. The van der Waals surface area contributed by atoms with Crippen molar-refractivity contribution in [2.75, 3.05) is 24.3 Å². The molecule has 0 aliphatic carbocycles. The van der Waals surface area contributed by atoms with Crippen LogP contribution in [0.2, 0.25) is 0 Å². The highest BCUT2D eigenvalue weighted by Crippen LogP contribution is 2.16. The number of ether oxygens (including phenoxy) is 1. The lowest BCUT2D eigenvalue weighted by atomic mass is 10.3. The summed E-state index contributed by atoms with van der Waals surface area (Å²) in [4.78, 5) is 10.8. The van der Waals surface area contributed by atoms with Crippen LogP contribution < -0.4 is 20.7 Å². The average molecular weight is 455 g/mol. The molecule has 0 spiro atoms. The molecular weight excluding hydrogens is 429 g/mol. The Kier molecular flexibility index (Phi) is 8.47. The summed E-state index contributed by atoms with van der Waals surface area (Å²) in [6, 6.07) is 13.5. The largest absolute Gasteiger partial charge is 0.491 e. The Labute approximate surface area is 166 Å². The predicted molar refractivity (Wildman–Crippen MR) is 115 cm³/mol. The van der Waals surface area contributed by atoms with Crippen molar-refractivity contribution < 1.29 is 4.74 Å². The fraction of sp³-hybridized carbons (Fsp3) is 0.333. The summed E-state index contributed by atoms with van der Waals surface area (Å²) in [5, 5.41) is 3.06. The lowest BCUT2D eigenvalue weighted by Gasteiger charge is -2.12. The second-order valence-corrected chi connectivity index (χ2v) is 5.90. The van der Waals surface area contributed by atoms with E-state index in [0.717, 1.165) is 22.9 Å². The summed E-state index contributed by atoms with van der Waals surface area (Å²) in [6.45, 7) is 4.42. The van der Waals surface area contributed by atoms with Crippen LogP contribution in [-0.2, 0) is 6.54 Å². The lowest BCUT2D eigenvalue weighted by Crippen LogP contribution is -2.22. The third-order valence-corrected chi connectivity index (χ3v) is 3.16. The molecule has 0 aliphatic rings. The molecule has 7 heteroatoms. The van der Waals surface area contributed by atoms with Crippen molar-refractivity contribution in [3.63, 3.8) is 0 Å². The number of anilines is 2. The van der Waals surface area contributed by atoms with E-state index in [1.54, 1.807) is 0 Å². The number of rotatable bonds is 6. The molecule has 0 amide bonds. The van der Waals surface area contributed by atoms with Crippen molar-refractivity contribution in [2.45, 2.75) is 26.5 Å². The topological polar surface area (TPSA) is 75.8 Å². The molecule has 136 valence electrons. The summed E-state index contributed by atoms with van der Waals surface area (Å²) < 4.78 is 5.61. The highest BCUT2D eigenvalue weighted by molar-refractivity contribution is 14.0. The normalized spacial score (nSPS) is 11.0. The number of benzene rings is 1. The number of halogens is 1. The molecule has 0 fully saturated rings. The summed E-state index contributed by atoms with van der Waals surface area (Å²) in [7, 11) is 3.91. The smallest absolute Gasteiger partial charge is 0.193 e. The zero-order chi connectivity index (χ0) is 17.5. The first-order chi connectivity index (χ1) is 11.4. The second kappa shape index (κ2) is 10.1. The van der Waals surface area contributed by atoms with Gasteiger partial charge in [0.05, 0.1) is 18.3 Å². The number of hydrogen-bond acceptors (Lipinski definition) is 4. The molecule has 1 aromatic carbocycles. The fourth-order valence-corrected chi connectivity index (χ4v) is 2.05. The molecule has 25 heavy (non-hydrogen) atoms. The highest BCUT2D eigenvalue weighted by Gasteiger charge is 2.01. The van der Waals surface area contributed by atoms with Crippen molar-refractivity contribution in [1.29, 1.82) is 0 Å². The van der Waals surface area contributed by atoms with Crippen molar-refractivity contribution in [3.05, 3.63) is 48.2 Å². The molecule has 0 atom stereocenters. The number of nitrogens with one attached hydrogen (secondary N) is 1. The van der Waals surface area contributed by atoms with Crippen LogP contribution in [0.25, 0.3) is 0 Å². The minimum atomic E-state index is 0. The highest BCUT2D eigenvalue weighted by atomic mass is 127. The zero-order valence-electron chi connectivity index (χ0n) is 15.1. The van der Waals surface area contributed by atoms with Crippen LogP contribution in [0.5, 0.6) is 5.75 Å². The molecule has 0 saturated carbocycles. The number of hydrogen-bond donors (Lipinski definition) is 2. The summed E-state index contributed by atoms with van der Waals surface area (Å²) in [5.41, 5.74) is 7.67. The number of nitrogens with two attached hydrogens (primary N) is 1. The Morgan fingerprint density at radius 1 is 1.20 bits per heavy atom. The number of nitrogens with zero attached hydrogens (tertiary/aromatic N) is 3. The van der Waals surface area contributed by atoms with Crippen molar-refractivity contribution in [1.82, 2.24) is 4.98 Å². The average Bonchev–Trinajstić information content (AvgIpc) is 2.54. The number of aromatic nitrogens is 1. The minimum Gasteiger partial charge on any atom is -0.491 e. The van der Waals surface area contributed by atoms with Gasteiger partial charge in [0.2, 0.25) is 0 Å². The third-order valence-electron chi connectivity index (χ3n) is 3.16. The maximum atomic E-state index is 5.94. The molecule has 2 aromatic rings. The molecule has 3 N–H and O–H groups in total. The first-order valence-corrected chi connectivity index (χ1v) is 7.91. The molecule has 0 radical (unpaired) electrons. The van der Waals surface area contributed by atoms with Gasteiger partial charge in [-0.05, 0) is 50.2 Å². The molecule has 2 rings (SSSR count). The van der Waals surface area contributed by atoms with Gasteiger partial charge in [0.15, 0.2) is 5.96 Å². The van der Waals surface area contributed by atoms with Gasteiger partial charge in [0.25, 0.3) is 0 Å². The van der Waals surface area contributed by atoms with E-state index in [-0.39, 0.29) is 30.1 Å². The van der Waals surface area contributed by atoms with Gasteiger partial charge in [-0.3, -0.25) is 0 Å². The first-order valence-electron chi connectivity index (χ1n) is 7.91.